The third-order valence-corrected chi connectivity index (χ3v) is 1.90. The van der Waals surface area contributed by atoms with Gasteiger partial charge in [0.25, 0.3) is 0 Å². The maximum absolute atomic E-state index is 10.8. The number of carbonyl (C=O) groups excluding carboxylic acids is 1. The summed E-state index contributed by atoms with van der Waals surface area (Å²) in [4.78, 5) is 14.8. The van der Waals surface area contributed by atoms with E-state index in [2.05, 4.69) is 27.3 Å². The molecule has 0 atom stereocenters. The molecule has 0 aromatic heterocycles. The van der Waals surface area contributed by atoms with Crippen LogP contribution in [0, 0.1) is 0 Å². The van der Waals surface area contributed by atoms with E-state index in [-0.39, 0.29) is 5.97 Å². The molecule has 0 aromatic carbocycles. The summed E-state index contributed by atoms with van der Waals surface area (Å²) in [5.41, 5.74) is 0. The largest absolute Gasteiger partial charge is 0.469 e. The average molecular weight is 215 g/mol. The molecule has 0 unspecified atom stereocenters. The molecule has 88 valence electrons. The van der Waals surface area contributed by atoms with Crippen molar-refractivity contribution in [1.29, 1.82) is 0 Å². The first-order valence-electron chi connectivity index (χ1n) is 5.26. The van der Waals surface area contributed by atoms with Gasteiger partial charge in [-0.05, 0) is 6.42 Å². The van der Waals surface area contributed by atoms with Crippen LogP contribution < -0.4 is 10.6 Å². The third-order valence-electron chi connectivity index (χ3n) is 1.90. The molecule has 0 rings (SSSR count). The lowest BCUT2D eigenvalue weighted by molar-refractivity contribution is -0.140. The van der Waals surface area contributed by atoms with Crippen molar-refractivity contribution in [2.24, 2.45) is 4.99 Å². The molecule has 5 nitrogen and oxygen atoms in total. The van der Waals surface area contributed by atoms with Crippen LogP contribution in [-0.2, 0) is 9.53 Å². The number of hydrogen-bond acceptors (Lipinski definition) is 3. The second-order valence-electron chi connectivity index (χ2n) is 3.11. The van der Waals surface area contributed by atoms with Gasteiger partial charge in [0.15, 0.2) is 5.96 Å². The van der Waals surface area contributed by atoms with E-state index in [1.54, 1.807) is 7.05 Å². The number of methoxy groups -OCH3 is 1. The lowest BCUT2D eigenvalue weighted by Crippen LogP contribution is -2.38. The Morgan fingerprint density at radius 3 is 2.53 bits per heavy atom. The first-order valence-corrected chi connectivity index (χ1v) is 5.26. The normalized spacial score (nSPS) is 11.0. The molecular formula is C10H21N3O2. The van der Waals surface area contributed by atoms with Crippen molar-refractivity contribution in [2.45, 2.75) is 26.2 Å². The Morgan fingerprint density at radius 2 is 2.00 bits per heavy atom. The average Bonchev–Trinajstić information content (AvgIpc) is 2.26. The van der Waals surface area contributed by atoms with Crippen molar-refractivity contribution >= 4 is 11.9 Å². The lowest BCUT2D eigenvalue weighted by Gasteiger charge is -2.10. The van der Waals surface area contributed by atoms with Gasteiger partial charge >= 0.3 is 5.97 Å². The van der Waals surface area contributed by atoms with E-state index in [1.165, 1.54) is 7.11 Å². The Labute approximate surface area is 91.3 Å². The molecule has 2 N–H and O–H groups in total. The summed E-state index contributed by atoms with van der Waals surface area (Å²) >= 11 is 0. The molecule has 0 aliphatic rings. The van der Waals surface area contributed by atoms with E-state index >= 15 is 0 Å². The minimum Gasteiger partial charge on any atom is -0.469 e. The Morgan fingerprint density at radius 1 is 1.33 bits per heavy atom. The zero-order valence-electron chi connectivity index (χ0n) is 9.80. The highest BCUT2D eigenvalue weighted by atomic mass is 16.5. The highest BCUT2D eigenvalue weighted by Crippen LogP contribution is 1.84. The van der Waals surface area contributed by atoms with Gasteiger partial charge < -0.3 is 15.4 Å². The summed E-state index contributed by atoms with van der Waals surface area (Å²) in [6.07, 6.45) is 2.61. The summed E-state index contributed by atoms with van der Waals surface area (Å²) in [6.45, 7) is 3.57. The van der Waals surface area contributed by atoms with Crippen molar-refractivity contribution < 1.29 is 9.53 Å². The highest BCUT2D eigenvalue weighted by molar-refractivity contribution is 5.80. The molecule has 0 aliphatic heterocycles. The summed E-state index contributed by atoms with van der Waals surface area (Å²) in [6, 6.07) is 0. The van der Waals surface area contributed by atoms with Crippen LogP contribution in [0.1, 0.15) is 26.2 Å². The minimum absolute atomic E-state index is 0.216. The van der Waals surface area contributed by atoms with Crippen molar-refractivity contribution in [2.75, 3.05) is 27.2 Å². The van der Waals surface area contributed by atoms with Crippen LogP contribution in [0.3, 0.4) is 0 Å². The van der Waals surface area contributed by atoms with Gasteiger partial charge in [-0.25, -0.2) is 0 Å². The SMILES string of the molecule is CCCCNC(=NC)NCCC(=O)OC. The van der Waals surface area contributed by atoms with Gasteiger partial charge in [0.1, 0.15) is 0 Å². The van der Waals surface area contributed by atoms with Crippen molar-refractivity contribution in [3.63, 3.8) is 0 Å². The minimum atomic E-state index is -0.216. The summed E-state index contributed by atoms with van der Waals surface area (Å²) in [5, 5.41) is 6.18. The number of ether oxygens (including phenoxy) is 1. The van der Waals surface area contributed by atoms with Crippen LogP contribution >= 0.6 is 0 Å². The Hall–Kier alpha value is -1.26. The first kappa shape index (κ1) is 13.7. The van der Waals surface area contributed by atoms with E-state index in [1.807, 2.05) is 0 Å². The fourth-order valence-corrected chi connectivity index (χ4v) is 0.989. The molecule has 5 heteroatoms. The maximum atomic E-state index is 10.8. The fourth-order valence-electron chi connectivity index (χ4n) is 0.989. The molecule has 0 radical (unpaired) electrons. The number of unbranched alkanes of at least 4 members (excludes halogenated alkanes) is 1. The number of nitrogens with zero attached hydrogens (tertiary/aromatic N) is 1. The first-order chi connectivity index (χ1) is 7.24. The van der Waals surface area contributed by atoms with Gasteiger partial charge in [-0.3, -0.25) is 9.79 Å². The molecule has 0 fully saturated rings. The number of esters is 1. The quantitative estimate of drug-likeness (QED) is 0.293. The monoisotopic (exact) mass is 215 g/mol. The highest BCUT2D eigenvalue weighted by Gasteiger charge is 2.00. The number of carbonyl (C=O) groups is 1. The van der Waals surface area contributed by atoms with Crippen molar-refractivity contribution in [3.8, 4) is 0 Å². The molecule has 0 saturated carbocycles. The molecule has 15 heavy (non-hydrogen) atoms. The molecule has 0 aliphatic carbocycles. The van der Waals surface area contributed by atoms with Gasteiger partial charge in [-0.2, -0.15) is 0 Å². The molecular weight excluding hydrogens is 194 g/mol. The van der Waals surface area contributed by atoms with E-state index in [4.69, 9.17) is 0 Å². The molecule has 0 saturated heterocycles. The summed E-state index contributed by atoms with van der Waals surface area (Å²) in [7, 11) is 3.09. The predicted molar refractivity (Wildman–Crippen MR) is 60.9 cm³/mol. The number of nitrogens with one attached hydrogen (secondary N) is 2. The third kappa shape index (κ3) is 7.78. The maximum Gasteiger partial charge on any atom is 0.307 e. The van der Waals surface area contributed by atoms with Crippen LogP contribution in [0.2, 0.25) is 0 Å². The topological polar surface area (TPSA) is 62.7 Å². The molecule has 0 bridgehead atoms. The Bertz CT molecular complexity index is 205. The van der Waals surface area contributed by atoms with Crippen LogP contribution in [-0.4, -0.2) is 39.2 Å². The van der Waals surface area contributed by atoms with Crippen LogP contribution in [0.4, 0.5) is 0 Å². The summed E-state index contributed by atoms with van der Waals surface area (Å²) < 4.78 is 4.52. The number of guanidine groups is 1. The number of rotatable bonds is 6. The second-order valence-corrected chi connectivity index (χ2v) is 3.11. The Kier molecular flexibility index (Phi) is 8.52. The van der Waals surface area contributed by atoms with Gasteiger partial charge in [0, 0.05) is 20.1 Å². The van der Waals surface area contributed by atoms with E-state index in [9.17, 15) is 4.79 Å². The van der Waals surface area contributed by atoms with Crippen molar-refractivity contribution in [3.05, 3.63) is 0 Å². The van der Waals surface area contributed by atoms with E-state index in [0.717, 1.165) is 25.3 Å². The zero-order chi connectivity index (χ0) is 11.5. The zero-order valence-corrected chi connectivity index (χ0v) is 9.80. The van der Waals surface area contributed by atoms with Crippen LogP contribution in [0.15, 0.2) is 4.99 Å². The van der Waals surface area contributed by atoms with Crippen molar-refractivity contribution in [1.82, 2.24) is 10.6 Å². The van der Waals surface area contributed by atoms with Gasteiger partial charge in [-0.1, -0.05) is 13.3 Å². The molecule has 0 amide bonds. The second kappa shape index (κ2) is 9.30. The summed E-state index contributed by atoms with van der Waals surface area (Å²) in [5.74, 6) is 0.513. The lowest BCUT2D eigenvalue weighted by atomic mass is 10.3. The molecule has 0 spiro atoms. The van der Waals surface area contributed by atoms with Gasteiger partial charge in [0.05, 0.1) is 13.5 Å². The smallest absolute Gasteiger partial charge is 0.307 e. The number of hydrogen-bond donors (Lipinski definition) is 2. The van der Waals surface area contributed by atoms with Crippen LogP contribution in [0.5, 0.6) is 0 Å². The molecule has 0 aromatic rings. The molecule has 0 heterocycles. The van der Waals surface area contributed by atoms with Crippen LogP contribution in [0.25, 0.3) is 0 Å². The number of aliphatic imine (C=N–C) groups is 1. The van der Waals surface area contributed by atoms with Gasteiger partial charge in [-0.15, -0.1) is 0 Å². The standard InChI is InChI=1S/C10H21N3O2/c1-4-5-7-12-10(11-2)13-8-6-9(14)15-3/h4-8H2,1-3H3,(H2,11,12,13). The Balaban J connectivity index is 3.58. The predicted octanol–water partition coefficient (Wildman–Crippen LogP) is 0.515. The van der Waals surface area contributed by atoms with Gasteiger partial charge in [0.2, 0.25) is 0 Å². The fraction of sp³-hybridized carbons (Fsp3) is 0.800. The van der Waals surface area contributed by atoms with E-state index in [0.29, 0.717) is 13.0 Å². The van der Waals surface area contributed by atoms with E-state index < -0.39 is 0 Å².